The van der Waals surface area contributed by atoms with Crippen molar-refractivity contribution in [3.8, 4) is 0 Å². The first-order valence-electron chi connectivity index (χ1n) is 9.58. The number of carbonyl (C=O) groups excluding carboxylic acids is 1. The van der Waals surface area contributed by atoms with E-state index >= 15 is 0 Å². The minimum atomic E-state index is -4.23. The summed E-state index contributed by atoms with van der Waals surface area (Å²) in [6.45, 7) is 0.0769. The lowest BCUT2D eigenvalue weighted by Gasteiger charge is -2.25. The molecule has 1 aromatic heterocycles. The lowest BCUT2D eigenvalue weighted by atomic mass is 9.90. The van der Waals surface area contributed by atoms with Gasteiger partial charge in [0, 0.05) is 12.4 Å². The fourth-order valence-corrected chi connectivity index (χ4v) is 3.57. The Morgan fingerprint density at radius 2 is 2.10 bits per heavy atom. The Balaban J connectivity index is 1.74. The predicted molar refractivity (Wildman–Crippen MR) is 101 cm³/mol. The van der Waals surface area contributed by atoms with E-state index < -0.39 is 24.6 Å². The standard InChI is InChI=1S/C20H24F3N3O3/c1-28-19-10-15(12-27)18(11-24-19)29-13-14-4-2-3-5-16(14)17-6-8-25-26(17)9-7-20(21,22)23/h6,8,10-12,15,18H,2-5,7,9,13H2,1H3. The summed E-state index contributed by atoms with van der Waals surface area (Å²) in [5, 5.41) is 4.07. The van der Waals surface area contributed by atoms with Gasteiger partial charge in [0.15, 0.2) is 0 Å². The van der Waals surface area contributed by atoms with Crippen molar-refractivity contribution in [2.45, 2.75) is 50.9 Å². The zero-order chi connectivity index (χ0) is 20.9. The average molecular weight is 411 g/mol. The van der Waals surface area contributed by atoms with Crippen molar-refractivity contribution in [3.63, 3.8) is 0 Å². The second-order valence-corrected chi connectivity index (χ2v) is 7.07. The molecule has 1 aromatic rings. The van der Waals surface area contributed by atoms with Gasteiger partial charge in [-0.25, -0.2) is 4.99 Å². The second kappa shape index (κ2) is 9.39. The number of hydrogen-bond donors (Lipinski definition) is 0. The molecule has 0 aromatic carbocycles. The van der Waals surface area contributed by atoms with Crippen LogP contribution >= 0.6 is 0 Å². The second-order valence-electron chi connectivity index (χ2n) is 7.07. The van der Waals surface area contributed by atoms with Crippen molar-refractivity contribution < 1.29 is 27.4 Å². The van der Waals surface area contributed by atoms with Crippen LogP contribution in [-0.2, 0) is 20.8 Å². The van der Waals surface area contributed by atoms with Gasteiger partial charge in [0.25, 0.3) is 0 Å². The fraction of sp³-hybridized carbons (Fsp3) is 0.550. The van der Waals surface area contributed by atoms with Crippen molar-refractivity contribution in [1.29, 1.82) is 0 Å². The van der Waals surface area contributed by atoms with Crippen molar-refractivity contribution in [3.05, 3.63) is 35.5 Å². The lowest BCUT2D eigenvalue weighted by molar-refractivity contribution is -0.137. The third-order valence-electron chi connectivity index (χ3n) is 5.09. The van der Waals surface area contributed by atoms with Gasteiger partial charge < -0.3 is 14.3 Å². The Bertz CT molecular complexity index is 811. The van der Waals surface area contributed by atoms with Gasteiger partial charge in [-0.2, -0.15) is 18.3 Å². The molecule has 2 aliphatic rings. The summed E-state index contributed by atoms with van der Waals surface area (Å²) in [5.74, 6) is -0.125. The van der Waals surface area contributed by atoms with E-state index in [1.807, 2.05) is 0 Å². The SMILES string of the molecule is COC1=CC(C=O)C(OCC2=C(c3ccnn3CCC(F)(F)F)CCCC2)C=N1. The summed E-state index contributed by atoms with van der Waals surface area (Å²) in [4.78, 5) is 15.5. The molecule has 3 rings (SSSR count). The summed E-state index contributed by atoms with van der Waals surface area (Å²) in [6, 6.07) is 1.75. The Hall–Kier alpha value is -2.42. The van der Waals surface area contributed by atoms with E-state index in [0.717, 1.165) is 43.1 Å². The Labute approximate surface area is 167 Å². The normalized spacial score (nSPS) is 22.6. The quantitative estimate of drug-likeness (QED) is 0.608. The molecule has 0 fully saturated rings. The first-order valence-corrected chi connectivity index (χ1v) is 9.58. The van der Waals surface area contributed by atoms with E-state index in [1.54, 1.807) is 18.4 Å². The van der Waals surface area contributed by atoms with E-state index in [-0.39, 0.29) is 13.2 Å². The molecule has 158 valence electrons. The molecular formula is C20H24F3N3O3. The molecule has 9 heteroatoms. The molecule has 0 spiro atoms. The number of alkyl halides is 3. The van der Waals surface area contributed by atoms with Crippen molar-refractivity contribution in [2.75, 3.05) is 13.7 Å². The van der Waals surface area contributed by atoms with Crippen LogP contribution in [-0.4, -0.2) is 48.3 Å². The average Bonchev–Trinajstić information content (AvgIpc) is 3.18. The molecule has 1 aliphatic carbocycles. The van der Waals surface area contributed by atoms with Gasteiger partial charge >= 0.3 is 6.18 Å². The Morgan fingerprint density at radius 3 is 2.83 bits per heavy atom. The van der Waals surface area contributed by atoms with Crippen LogP contribution in [0.15, 0.2) is 34.8 Å². The van der Waals surface area contributed by atoms with Gasteiger partial charge in [0.2, 0.25) is 5.88 Å². The minimum absolute atomic E-state index is 0.212. The van der Waals surface area contributed by atoms with Crippen LogP contribution in [0.25, 0.3) is 5.57 Å². The number of methoxy groups -OCH3 is 1. The molecule has 2 unspecified atom stereocenters. The Kier molecular flexibility index (Phi) is 6.89. The molecule has 6 nitrogen and oxygen atoms in total. The van der Waals surface area contributed by atoms with Crippen molar-refractivity contribution in [2.24, 2.45) is 10.9 Å². The van der Waals surface area contributed by atoms with E-state index in [2.05, 4.69) is 10.1 Å². The maximum absolute atomic E-state index is 12.6. The minimum Gasteiger partial charge on any atom is -0.481 e. The topological polar surface area (TPSA) is 65.7 Å². The number of aromatic nitrogens is 2. The van der Waals surface area contributed by atoms with Gasteiger partial charge in [0.05, 0.1) is 38.3 Å². The monoisotopic (exact) mass is 411 g/mol. The molecule has 0 saturated heterocycles. The molecule has 0 amide bonds. The van der Waals surface area contributed by atoms with Gasteiger partial charge in [-0.1, -0.05) is 0 Å². The lowest BCUT2D eigenvalue weighted by Crippen LogP contribution is -2.29. The number of nitrogens with zero attached hydrogens (tertiary/aromatic N) is 3. The van der Waals surface area contributed by atoms with Crippen LogP contribution < -0.4 is 0 Å². The number of ether oxygens (including phenoxy) is 2. The highest BCUT2D eigenvalue weighted by molar-refractivity contribution is 5.75. The van der Waals surface area contributed by atoms with Crippen LogP contribution in [0, 0.1) is 5.92 Å². The number of hydrogen-bond acceptors (Lipinski definition) is 5. The first-order chi connectivity index (χ1) is 13.9. The number of halogens is 3. The summed E-state index contributed by atoms with van der Waals surface area (Å²) >= 11 is 0. The zero-order valence-electron chi connectivity index (χ0n) is 16.2. The molecule has 2 heterocycles. The molecule has 1 aliphatic heterocycles. The number of aliphatic imine (C=N–C) groups is 1. The van der Waals surface area contributed by atoms with E-state index in [4.69, 9.17) is 9.47 Å². The third kappa shape index (κ3) is 5.56. The van der Waals surface area contributed by atoms with Gasteiger partial charge in [-0.3, -0.25) is 4.68 Å². The maximum atomic E-state index is 12.6. The number of aldehydes is 1. The largest absolute Gasteiger partial charge is 0.481 e. The van der Waals surface area contributed by atoms with Crippen molar-refractivity contribution >= 4 is 18.1 Å². The fourth-order valence-electron chi connectivity index (χ4n) is 3.57. The van der Waals surface area contributed by atoms with E-state index in [1.165, 1.54) is 18.0 Å². The highest BCUT2D eigenvalue weighted by atomic mass is 19.4. The molecule has 2 atom stereocenters. The predicted octanol–water partition coefficient (Wildman–Crippen LogP) is 3.94. The molecule has 29 heavy (non-hydrogen) atoms. The highest BCUT2D eigenvalue weighted by Crippen LogP contribution is 2.33. The number of carbonyl (C=O) groups is 1. The summed E-state index contributed by atoms with van der Waals surface area (Å²) in [6.07, 6.45) is 3.34. The maximum Gasteiger partial charge on any atom is 0.390 e. The molecular weight excluding hydrogens is 387 g/mol. The van der Waals surface area contributed by atoms with E-state index in [0.29, 0.717) is 11.6 Å². The van der Waals surface area contributed by atoms with Crippen LogP contribution in [0.2, 0.25) is 0 Å². The van der Waals surface area contributed by atoms with Crippen molar-refractivity contribution in [1.82, 2.24) is 9.78 Å². The Morgan fingerprint density at radius 1 is 1.31 bits per heavy atom. The zero-order valence-corrected chi connectivity index (χ0v) is 16.2. The van der Waals surface area contributed by atoms with Gasteiger partial charge in [0.1, 0.15) is 12.4 Å². The summed E-state index contributed by atoms with van der Waals surface area (Å²) in [5.41, 5.74) is 2.72. The van der Waals surface area contributed by atoms with Crippen LogP contribution in [0.4, 0.5) is 13.2 Å². The first kappa shape index (κ1) is 21.3. The summed E-state index contributed by atoms with van der Waals surface area (Å²) < 4.78 is 50.3. The molecule has 0 N–H and O–H groups in total. The van der Waals surface area contributed by atoms with Crippen LogP contribution in [0.3, 0.4) is 0 Å². The summed E-state index contributed by atoms with van der Waals surface area (Å²) in [7, 11) is 1.48. The van der Waals surface area contributed by atoms with Gasteiger partial charge in [-0.05, 0) is 49.0 Å². The highest BCUT2D eigenvalue weighted by Gasteiger charge is 2.28. The third-order valence-corrected chi connectivity index (χ3v) is 5.09. The number of rotatable bonds is 8. The number of allylic oxidation sites excluding steroid dienone is 1. The van der Waals surface area contributed by atoms with Gasteiger partial charge in [-0.15, -0.1) is 0 Å². The smallest absolute Gasteiger partial charge is 0.390 e. The van der Waals surface area contributed by atoms with Crippen LogP contribution in [0.1, 0.15) is 37.8 Å². The van der Waals surface area contributed by atoms with E-state index in [9.17, 15) is 18.0 Å². The van der Waals surface area contributed by atoms with Crippen LogP contribution in [0.5, 0.6) is 0 Å². The number of aryl methyl sites for hydroxylation is 1. The molecule has 0 bridgehead atoms. The molecule has 0 radical (unpaired) electrons. The molecule has 0 saturated carbocycles.